The maximum Gasteiger partial charge on any atom is 0.271 e. The maximum atomic E-state index is 13.2. The molecule has 0 unspecified atom stereocenters. The Morgan fingerprint density at radius 3 is 2.58 bits per heavy atom. The van der Waals surface area contributed by atoms with Crippen LogP contribution in [-0.2, 0) is 19.4 Å². The molecule has 4 rings (SSSR count). The van der Waals surface area contributed by atoms with Crippen molar-refractivity contribution in [2.24, 2.45) is 0 Å². The van der Waals surface area contributed by atoms with Crippen LogP contribution in [0.2, 0.25) is 5.02 Å². The van der Waals surface area contributed by atoms with E-state index in [4.69, 9.17) is 16.0 Å². The predicted octanol–water partition coefficient (Wildman–Crippen LogP) is 3.38. The second kappa shape index (κ2) is 7.84. The summed E-state index contributed by atoms with van der Waals surface area (Å²) in [5.74, 6) is -0.967. The fraction of sp³-hybridized carbons (Fsp3) is 0.227. The molecule has 0 radical (unpaired) electrons. The number of nitriles is 1. The van der Waals surface area contributed by atoms with Crippen molar-refractivity contribution in [1.82, 2.24) is 4.90 Å². The highest BCUT2D eigenvalue weighted by molar-refractivity contribution is 7.91. The van der Waals surface area contributed by atoms with E-state index in [9.17, 15) is 23.3 Å². The lowest BCUT2D eigenvalue weighted by atomic mass is 9.93. The molecule has 9 heteroatoms. The van der Waals surface area contributed by atoms with Crippen molar-refractivity contribution in [1.29, 1.82) is 5.26 Å². The lowest BCUT2D eigenvalue weighted by molar-refractivity contribution is -0.142. The molecule has 2 aliphatic heterocycles. The van der Waals surface area contributed by atoms with Crippen molar-refractivity contribution in [3.05, 3.63) is 63.9 Å². The van der Waals surface area contributed by atoms with E-state index in [0.29, 0.717) is 22.1 Å². The van der Waals surface area contributed by atoms with Crippen molar-refractivity contribution in [2.75, 3.05) is 11.5 Å². The van der Waals surface area contributed by atoms with Crippen LogP contribution in [0.25, 0.3) is 17.4 Å². The molecule has 0 spiro atoms. The normalized spacial score (nSPS) is 22.3. The zero-order valence-electron chi connectivity index (χ0n) is 16.5. The first-order chi connectivity index (χ1) is 14.7. The van der Waals surface area contributed by atoms with Gasteiger partial charge in [0.15, 0.2) is 9.84 Å². The third-order valence-corrected chi connectivity index (χ3v) is 7.48. The molecule has 2 aliphatic rings. The molecule has 31 heavy (non-hydrogen) atoms. The van der Waals surface area contributed by atoms with E-state index in [2.05, 4.69) is 0 Å². The van der Waals surface area contributed by atoms with Crippen LogP contribution in [0.3, 0.4) is 0 Å². The molecule has 0 saturated carbocycles. The summed E-state index contributed by atoms with van der Waals surface area (Å²) in [6, 6.07) is 11.6. The van der Waals surface area contributed by atoms with E-state index < -0.39 is 27.7 Å². The molecular weight excluding hydrogens is 440 g/mol. The number of sulfone groups is 1. The third kappa shape index (κ3) is 3.82. The topological polar surface area (TPSA) is 108 Å². The minimum absolute atomic E-state index is 0.0995. The van der Waals surface area contributed by atoms with Gasteiger partial charge < -0.3 is 4.42 Å². The Labute approximate surface area is 184 Å². The number of hydrogen-bond acceptors (Lipinski definition) is 6. The van der Waals surface area contributed by atoms with Crippen molar-refractivity contribution >= 4 is 39.3 Å². The number of carbonyl (C=O) groups is 2. The first-order valence-corrected chi connectivity index (χ1v) is 11.7. The van der Waals surface area contributed by atoms with Crippen molar-refractivity contribution in [2.45, 2.75) is 19.4 Å². The van der Waals surface area contributed by atoms with Gasteiger partial charge in [-0.05, 0) is 49.3 Å². The van der Waals surface area contributed by atoms with Gasteiger partial charge in [-0.2, -0.15) is 5.26 Å². The van der Waals surface area contributed by atoms with Crippen LogP contribution in [0, 0.1) is 11.3 Å². The number of amides is 2. The summed E-state index contributed by atoms with van der Waals surface area (Å²) in [6.07, 6.45) is 1.61. The Hall–Kier alpha value is -3.15. The Bertz CT molecular complexity index is 1310. The van der Waals surface area contributed by atoms with Gasteiger partial charge in [0.1, 0.15) is 23.2 Å². The number of halogens is 1. The van der Waals surface area contributed by atoms with Gasteiger partial charge in [0, 0.05) is 11.1 Å². The molecule has 7 nitrogen and oxygen atoms in total. The molecule has 3 heterocycles. The molecule has 0 aliphatic carbocycles. The van der Waals surface area contributed by atoms with Gasteiger partial charge in [0.2, 0.25) is 0 Å². The second-order valence-electron chi connectivity index (χ2n) is 7.39. The molecule has 1 fully saturated rings. The van der Waals surface area contributed by atoms with E-state index in [1.165, 1.54) is 13.0 Å². The fourth-order valence-corrected chi connectivity index (χ4v) is 5.72. The highest BCUT2D eigenvalue weighted by Crippen LogP contribution is 2.33. The van der Waals surface area contributed by atoms with E-state index in [1.54, 1.807) is 30.3 Å². The van der Waals surface area contributed by atoms with Gasteiger partial charge in [-0.3, -0.25) is 14.5 Å². The monoisotopic (exact) mass is 456 g/mol. The Morgan fingerprint density at radius 2 is 1.94 bits per heavy atom. The summed E-state index contributed by atoms with van der Waals surface area (Å²) in [5.41, 5.74) is 0.834. The summed E-state index contributed by atoms with van der Waals surface area (Å²) < 4.78 is 29.6. The van der Waals surface area contributed by atoms with E-state index in [-0.39, 0.29) is 34.6 Å². The van der Waals surface area contributed by atoms with Crippen molar-refractivity contribution in [3.63, 3.8) is 0 Å². The highest BCUT2D eigenvalue weighted by Gasteiger charge is 2.43. The fourth-order valence-electron chi connectivity index (χ4n) is 3.79. The molecule has 158 valence electrons. The summed E-state index contributed by atoms with van der Waals surface area (Å²) in [7, 11) is -3.33. The Morgan fingerprint density at radius 1 is 1.19 bits per heavy atom. The Balaban J connectivity index is 1.75. The van der Waals surface area contributed by atoms with Crippen LogP contribution in [0.4, 0.5) is 0 Å². The van der Waals surface area contributed by atoms with Gasteiger partial charge in [0.05, 0.1) is 22.6 Å². The van der Waals surface area contributed by atoms with Crippen LogP contribution in [0.1, 0.15) is 19.1 Å². The number of rotatable bonds is 3. The van der Waals surface area contributed by atoms with Gasteiger partial charge in [-0.25, -0.2) is 8.42 Å². The standard InChI is InChI=1S/C22H17ClN2O5S/c1-13-17(10-15-6-7-20(30-15)16-4-2-3-5-19(16)23)21(26)25(22(27)18(13)11-24)14-8-9-31(28,29)12-14/h2-7,10,14H,8-9,12H2,1H3/b17-10+/t14-/m0/s1. The number of imide groups is 1. The Kier molecular flexibility index (Phi) is 5.33. The van der Waals surface area contributed by atoms with Crippen LogP contribution in [-0.4, -0.2) is 42.7 Å². The minimum atomic E-state index is -3.33. The molecular formula is C22H17ClN2O5S. The first-order valence-electron chi connectivity index (χ1n) is 9.48. The maximum absolute atomic E-state index is 13.2. The van der Waals surface area contributed by atoms with Crippen molar-refractivity contribution in [3.8, 4) is 17.4 Å². The third-order valence-electron chi connectivity index (χ3n) is 5.40. The largest absolute Gasteiger partial charge is 0.457 e. The average molecular weight is 457 g/mol. The zero-order valence-corrected chi connectivity index (χ0v) is 18.0. The SMILES string of the molecule is CC1=C(C#N)C(=O)N([C@H]2CCS(=O)(=O)C2)C(=O)/C1=C/c1ccc(-c2ccccc2Cl)o1. The average Bonchev–Trinajstić information content (AvgIpc) is 3.32. The lowest BCUT2D eigenvalue weighted by Crippen LogP contribution is -2.49. The molecule has 1 atom stereocenters. The van der Waals surface area contributed by atoms with Gasteiger partial charge in [0.25, 0.3) is 11.8 Å². The first kappa shape index (κ1) is 21.1. The second-order valence-corrected chi connectivity index (χ2v) is 10.0. The van der Waals surface area contributed by atoms with E-state index in [1.807, 2.05) is 12.1 Å². The molecule has 1 aromatic carbocycles. The summed E-state index contributed by atoms with van der Waals surface area (Å²) >= 11 is 6.21. The van der Waals surface area contributed by atoms with Crippen molar-refractivity contribution < 1.29 is 22.4 Å². The summed E-state index contributed by atoms with van der Waals surface area (Å²) in [5, 5.41) is 10.0. The molecule has 1 saturated heterocycles. The quantitative estimate of drug-likeness (QED) is 0.517. The van der Waals surface area contributed by atoms with E-state index in [0.717, 1.165) is 4.90 Å². The predicted molar refractivity (Wildman–Crippen MR) is 114 cm³/mol. The van der Waals surface area contributed by atoms with Crippen LogP contribution >= 0.6 is 11.6 Å². The molecule has 1 aromatic heterocycles. The molecule has 2 amide bonds. The summed E-state index contributed by atoms with van der Waals surface area (Å²) in [6.45, 7) is 1.51. The minimum Gasteiger partial charge on any atom is -0.457 e. The number of furan rings is 1. The van der Waals surface area contributed by atoms with Gasteiger partial charge in [-0.15, -0.1) is 0 Å². The van der Waals surface area contributed by atoms with Gasteiger partial charge in [-0.1, -0.05) is 23.7 Å². The number of nitrogens with zero attached hydrogens (tertiary/aromatic N) is 2. The lowest BCUT2D eigenvalue weighted by Gasteiger charge is -2.31. The van der Waals surface area contributed by atoms with E-state index >= 15 is 0 Å². The molecule has 0 N–H and O–H groups in total. The number of carbonyl (C=O) groups excluding carboxylic acids is 2. The summed E-state index contributed by atoms with van der Waals surface area (Å²) in [4.78, 5) is 26.8. The van der Waals surface area contributed by atoms with Crippen LogP contribution in [0.5, 0.6) is 0 Å². The zero-order chi connectivity index (χ0) is 22.3. The number of benzene rings is 1. The molecule has 2 aromatic rings. The molecule has 0 bridgehead atoms. The smallest absolute Gasteiger partial charge is 0.271 e. The number of hydrogen-bond donors (Lipinski definition) is 0. The van der Waals surface area contributed by atoms with Gasteiger partial charge >= 0.3 is 0 Å². The van der Waals surface area contributed by atoms with Crippen LogP contribution in [0.15, 0.2) is 57.5 Å². The van der Waals surface area contributed by atoms with Crippen LogP contribution < -0.4 is 0 Å². The highest BCUT2D eigenvalue weighted by atomic mass is 35.5.